The van der Waals surface area contributed by atoms with Crippen LogP contribution in [-0.4, -0.2) is 19.4 Å². The highest BCUT2D eigenvalue weighted by Crippen LogP contribution is 2.30. The standard InChI is InChI=1S/C14H20N2O4S/c1-10-4-3-5-14(11(10)2)15-21(19,20)13-8-6-12(7-9-13)16(17)18/h6-11,14-15H,3-5H2,1-2H3/t10-,11-,14-/m1/s1. The summed E-state index contributed by atoms with van der Waals surface area (Å²) >= 11 is 0. The number of rotatable bonds is 4. The average Bonchev–Trinajstić information content (AvgIpc) is 2.44. The molecule has 1 aliphatic carbocycles. The Balaban J connectivity index is 2.16. The largest absolute Gasteiger partial charge is 0.269 e. The molecule has 0 aromatic heterocycles. The third kappa shape index (κ3) is 3.59. The van der Waals surface area contributed by atoms with Gasteiger partial charge in [-0.05, 0) is 30.4 Å². The number of nitrogens with zero attached hydrogens (tertiary/aromatic N) is 1. The van der Waals surface area contributed by atoms with E-state index in [0.29, 0.717) is 5.92 Å². The van der Waals surface area contributed by atoms with E-state index in [2.05, 4.69) is 18.6 Å². The highest BCUT2D eigenvalue weighted by molar-refractivity contribution is 7.89. The van der Waals surface area contributed by atoms with Gasteiger partial charge in [0.1, 0.15) is 0 Å². The number of nitro benzene ring substituents is 1. The molecule has 0 unspecified atom stereocenters. The van der Waals surface area contributed by atoms with Gasteiger partial charge < -0.3 is 0 Å². The molecule has 7 heteroatoms. The summed E-state index contributed by atoms with van der Waals surface area (Å²) in [5.41, 5.74) is -0.117. The van der Waals surface area contributed by atoms with Crippen molar-refractivity contribution in [3.63, 3.8) is 0 Å². The predicted molar refractivity (Wildman–Crippen MR) is 79.4 cm³/mol. The van der Waals surface area contributed by atoms with Crippen molar-refractivity contribution >= 4 is 15.7 Å². The molecule has 0 radical (unpaired) electrons. The third-order valence-electron chi connectivity index (χ3n) is 4.37. The van der Waals surface area contributed by atoms with E-state index in [1.54, 1.807) is 0 Å². The van der Waals surface area contributed by atoms with Gasteiger partial charge in [-0.3, -0.25) is 10.1 Å². The van der Waals surface area contributed by atoms with Crippen molar-refractivity contribution in [3.05, 3.63) is 34.4 Å². The van der Waals surface area contributed by atoms with Gasteiger partial charge in [-0.1, -0.05) is 26.7 Å². The predicted octanol–water partition coefficient (Wildman–Crippen LogP) is 2.70. The van der Waals surface area contributed by atoms with Gasteiger partial charge in [0.2, 0.25) is 10.0 Å². The third-order valence-corrected chi connectivity index (χ3v) is 5.88. The molecule has 21 heavy (non-hydrogen) atoms. The molecule has 0 spiro atoms. The fourth-order valence-electron chi connectivity index (χ4n) is 2.76. The van der Waals surface area contributed by atoms with Crippen LogP contribution in [0.4, 0.5) is 5.69 Å². The van der Waals surface area contributed by atoms with Gasteiger partial charge in [-0.15, -0.1) is 0 Å². The molecule has 1 aromatic rings. The van der Waals surface area contributed by atoms with Crippen molar-refractivity contribution in [1.29, 1.82) is 0 Å². The Labute approximate surface area is 124 Å². The molecule has 0 bridgehead atoms. The van der Waals surface area contributed by atoms with Gasteiger partial charge in [0.05, 0.1) is 9.82 Å². The van der Waals surface area contributed by atoms with E-state index in [-0.39, 0.29) is 22.5 Å². The lowest BCUT2D eigenvalue weighted by atomic mass is 9.78. The van der Waals surface area contributed by atoms with Crippen LogP contribution in [0.5, 0.6) is 0 Å². The molecule has 116 valence electrons. The van der Waals surface area contributed by atoms with Crippen LogP contribution < -0.4 is 4.72 Å². The maximum atomic E-state index is 12.4. The summed E-state index contributed by atoms with van der Waals surface area (Å²) < 4.78 is 27.4. The van der Waals surface area contributed by atoms with Gasteiger partial charge in [0.25, 0.3) is 5.69 Å². The average molecular weight is 312 g/mol. The molecular weight excluding hydrogens is 292 g/mol. The Hall–Kier alpha value is -1.47. The molecule has 1 aromatic carbocycles. The molecule has 6 nitrogen and oxygen atoms in total. The summed E-state index contributed by atoms with van der Waals surface area (Å²) in [6.07, 6.45) is 2.97. The quantitative estimate of drug-likeness (QED) is 0.683. The van der Waals surface area contributed by atoms with Crippen LogP contribution >= 0.6 is 0 Å². The SMILES string of the molecule is C[C@@H]1[C@H](C)CCC[C@H]1NS(=O)(=O)c1ccc([N+](=O)[O-])cc1. The highest BCUT2D eigenvalue weighted by Gasteiger charge is 2.30. The smallest absolute Gasteiger partial charge is 0.258 e. The van der Waals surface area contributed by atoms with Gasteiger partial charge in [-0.2, -0.15) is 0 Å². The molecular formula is C14H20N2O4S. The molecule has 1 fully saturated rings. The molecule has 0 amide bonds. The monoisotopic (exact) mass is 312 g/mol. The summed E-state index contributed by atoms with van der Waals surface area (Å²) in [6, 6.07) is 4.89. The zero-order valence-corrected chi connectivity index (χ0v) is 13.0. The number of hydrogen-bond acceptors (Lipinski definition) is 4. The van der Waals surface area contributed by atoms with Crippen LogP contribution in [0.3, 0.4) is 0 Å². The van der Waals surface area contributed by atoms with E-state index in [4.69, 9.17) is 0 Å². The van der Waals surface area contributed by atoms with E-state index in [1.807, 2.05) is 0 Å². The first-order valence-electron chi connectivity index (χ1n) is 7.08. The zero-order chi connectivity index (χ0) is 15.6. The minimum Gasteiger partial charge on any atom is -0.258 e. The Kier molecular flexibility index (Phi) is 4.63. The van der Waals surface area contributed by atoms with Crippen LogP contribution in [0.1, 0.15) is 33.1 Å². The fraction of sp³-hybridized carbons (Fsp3) is 0.571. The van der Waals surface area contributed by atoms with Crippen molar-refractivity contribution in [1.82, 2.24) is 4.72 Å². The van der Waals surface area contributed by atoms with Gasteiger partial charge >= 0.3 is 0 Å². The molecule has 1 saturated carbocycles. The second-order valence-corrected chi connectivity index (χ2v) is 7.46. The maximum absolute atomic E-state index is 12.4. The van der Waals surface area contributed by atoms with E-state index >= 15 is 0 Å². The van der Waals surface area contributed by atoms with Crippen molar-refractivity contribution in [2.24, 2.45) is 11.8 Å². The van der Waals surface area contributed by atoms with Crippen LogP contribution in [0.25, 0.3) is 0 Å². The summed E-state index contributed by atoms with van der Waals surface area (Å²) in [7, 11) is -3.63. The number of nitro groups is 1. The number of sulfonamides is 1. The van der Waals surface area contributed by atoms with Crippen LogP contribution in [0.15, 0.2) is 29.2 Å². The number of non-ortho nitro benzene ring substituents is 1. The number of nitrogens with one attached hydrogen (secondary N) is 1. The first-order valence-corrected chi connectivity index (χ1v) is 8.56. The van der Waals surface area contributed by atoms with Crippen LogP contribution in [0, 0.1) is 22.0 Å². The molecule has 0 heterocycles. The molecule has 0 aliphatic heterocycles. The van der Waals surface area contributed by atoms with Crippen LogP contribution in [0.2, 0.25) is 0 Å². The Morgan fingerprint density at radius 2 is 1.81 bits per heavy atom. The van der Waals surface area contributed by atoms with E-state index in [0.717, 1.165) is 19.3 Å². The Morgan fingerprint density at radius 3 is 2.38 bits per heavy atom. The van der Waals surface area contributed by atoms with Crippen LogP contribution in [-0.2, 0) is 10.0 Å². The molecule has 1 aliphatic rings. The van der Waals surface area contributed by atoms with Gasteiger partial charge in [0.15, 0.2) is 0 Å². The topological polar surface area (TPSA) is 89.3 Å². The maximum Gasteiger partial charge on any atom is 0.269 e. The summed E-state index contributed by atoms with van der Waals surface area (Å²) in [5, 5.41) is 10.6. The minimum absolute atomic E-state index is 0.0681. The van der Waals surface area contributed by atoms with Gasteiger partial charge in [0, 0.05) is 18.2 Å². The number of hydrogen-bond donors (Lipinski definition) is 1. The van der Waals surface area contributed by atoms with E-state index < -0.39 is 14.9 Å². The Bertz CT molecular complexity index is 612. The van der Waals surface area contributed by atoms with Crippen molar-refractivity contribution < 1.29 is 13.3 Å². The Morgan fingerprint density at radius 1 is 1.19 bits per heavy atom. The van der Waals surface area contributed by atoms with Gasteiger partial charge in [-0.25, -0.2) is 13.1 Å². The lowest BCUT2D eigenvalue weighted by molar-refractivity contribution is -0.384. The molecule has 1 N–H and O–H groups in total. The lowest BCUT2D eigenvalue weighted by Crippen LogP contribution is -2.43. The number of benzene rings is 1. The second kappa shape index (κ2) is 6.11. The second-order valence-electron chi connectivity index (χ2n) is 5.75. The summed E-state index contributed by atoms with van der Waals surface area (Å²) in [4.78, 5) is 10.1. The normalized spacial score (nSPS) is 26.5. The molecule has 0 saturated heterocycles. The van der Waals surface area contributed by atoms with Crippen molar-refractivity contribution in [2.45, 2.75) is 44.0 Å². The molecule has 2 rings (SSSR count). The van der Waals surface area contributed by atoms with E-state index in [1.165, 1.54) is 24.3 Å². The van der Waals surface area contributed by atoms with Crippen molar-refractivity contribution in [3.8, 4) is 0 Å². The zero-order valence-electron chi connectivity index (χ0n) is 12.2. The summed E-state index contributed by atoms with van der Waals surface area (Å²) in [6.45, 7) is 4.20. The summed E-state index contributed by atoms with van der Waals surface area (Å²) in [5.74, 6) is 0.773. The lowest BCUT2D eigenvalue weighted by Gasteiger charge is -2.34. The van der Waals surface area contributed by atoms with E-state index in [9.17, 15) is 18.5 Å². The first kappa shape index (κ1) is 15.9. The fourth-order valence-corrected chi connectivity index (χ4v) is 4.12. The minimum atomic E-state index is -3.63. The van der Waals surface area contributed by atoms with Crippen molar-refractivity contribution in [2.75, 3.05) is 0 Å². The molecule has 3 atom stereocenters. The highest BCUT2D eigenvalue weighted by atomic mass is 32.2. The first-order chi connectivity index (χ1) is 9.81.